The third-order valence-corrected chi connectivity index (χ3v) is 4.21. The smallest absolute Gasteiger partial charge is 0.142 e. The van der Waals surface area contributed by atoms with Crippen LogP contribution >= 0.6 is 11.6 Å². The highest BCUT2D eigenvalue weighted by Gasteiger charge is 2.40. The number of ether oxygens (including phenoxy) is 1. The SMILES string of the molecule is CNCC1(Cc2ccc(Cl)c(F)c2)CCOC1C. The minimum absolute atomic E-state index is 0.0506. The lowest BCUT2D eigenvalue weighted by molar-refractivity contribution is 0.0639. The van der Waals surface area contributed by atoms with Gasteiger partial charge in [-0.3, -0.25) is 0 Å². The first-order valence-electron chi connectivity index (χ1n) is 6.27. The Labute approximate surface area is 112 Å². The van der Waals surface area contributed by atoms with Crippen LogP contribution in [0.15, 0.2) is 18.2 Å². The maximum absolute atomic E-state index is 13.5. The Balaban J connectivity index is 2.21. The van der Waals surface area contributed by atoms with Crippen molar-refractivity contribution in [2.24, 2.45) is 5.41 Å². The topological polar surface area (TPSA) is 21.3 Å². The summed E-state index contributed by atoms with van der Waals surface area (Å²) in [5.41, 5.74) is 1.03. The highest BCUT2D eigenvalue weighted by molar-refractivity contribution is 6.30. The summed E-state index contributed by atoms with van der Waals surface area (Å²) in [7, 11) is 1.94. The Morgan fingerprint density at radius 3 is 2.89 bits per heavy atom. The minimum atomic E-state index is -0.347. The minimum Gasteiger partial charge on any atom is -0.378 e. The molecule has 2 rings (SSSR count). The summed E-state index contributed by atoms with van der Waals surface area (Å²) in [6.45, 7) is 3.74. The van der Waals surface area contributed by atoms with E-state index < -0.39 is 0 Å². The van der Waals surface area contributed by atoms with Crippen molar-refractivity contribution in [2.45, 2.75) is 25.9 Å². The molecule has 0 bridgehead atoms. The van der Waals surface area contributed by atoms with Gasteiger partial charge in [-0.1, -0.05) is 17.7 Å². The molecule has 1 saturated heterocycles. The molecule has 0 radical (unpaired) electrons. The van der Waals surface area contributed by atoms with Gasteiger partial charge in [-0.25, -0.2) is 4.39 Å². The van der Waals surface area contributed by atoms with Gasteiger partial charge in [0.1, 0.15) is 5.82 Å². The number of nitrogens with one attached hydrogen (secondary N) is 1. The summed E-state index contributed by atoms with van der Waals surface area (Å²) in [4.78, 5) is 0. The van der Waals surface area contributed by atoms with Crippen LogP contribution in [0.3, 0.4) is 0 Å². The van der Waals surface area contributed by atoms with E-state index >= 15 is 0 Å². The zero-order valence-corrected chi connectivity index (χ0v) is 11.6. The fourth-order valence-electron chi connectivity index (χ4n) is 2.75. The van der Waals surface area contributed by atoms with E-state index in [1.807, 2.05) is 13.1 Å². The van der Waals surface area contributed by atoms with Gasteiger partial charge in [0.05, 0.1) is 11.1 Å². The van der Waals surface area contributed by atoms with E-state index in [2.05, 4.69) is 12.2 Å². The Morgan fingerprint density at radius 2 is 2.33 bits per heavy atom. The standard InChI is InChI=1S/C14H19ClFNO/c1-10-14(9-17-2,5-6-18-10)8-11-3-4-12(15)13(16)7-11/h3-4,7,10,17H,5-6,8-9H2,1-2H3. The zero-order valence-electron chi connectivity index (χ0n) is 10.8. The quantitative estimate of drug-likeness (QED) is 0.909. The molecule has 0 spiro atoms. The summed E-state index contributed by atoms with van der Waals surface area (Å²) in [6, 6.07) is 5.05. The van der Waals surface area contributed by atoms with Gasteiger partial charge in [-0.05, 0) is 44.5 Å². The van der Waals surface area contributed by atoms with Crippen LogP contribution in [0.5, 0.6) is 0 Å². The summed E-state index contributed by atoms with van der Waals surface area (Å²) in [5, 5.41) is 3.41. The average Bonchev–Trinajstić information content (AvgIpc) is 2.66. The van der Waals surface area contributed by atoms with Crippen LogP contribution in [0.25, 0.3) is 0 Å². The Morgan fingerprint density at radius 1 is 1.56 bits per heavy atom. The highest BCUT2D eigenvalue weighted by atomic mass is 35.5. The van der Waals surface area contributed by atoms with Crippen molar-refractivity contribution in [1.82, 2.24) is 5.32 Å². The number of hydrogen-bond acceptors (Lipinski definition) is 2. The first kappa shape index (κ1) is 13.8. The molecule has 0 aromatic heterocycles. The Bertz CT molecular complexity index is 426. The lowest BCUT2D eigenvalue weighted by Gasteiger charge is -2.32. The van der Waals surface area contributed by atoms with E-state index in [9.17, 15) is 4.39 Å². The van der Waals surface area contributed by atoms with Crippen LogP contribution in [0.4, 0.5) is 4.39 Å². The summed E-state index contributed by atoms with van der Waals surface area (Å²) in [6.07, 6.45) is 1.99. The third kappa shape index (κ3) is 2.68. The lowest BCUT2D eigenvalue weighted by atomic mass is 9.76. The molecule has 2 nitrogen and oxygen atoms in total. The number of hydrogen-bond donors (Lipinski definition) is 1. The largest absolute Gasteiger partial charge is 0.378 e. The van der Waals surface area contributed by atoms with Crippen LogP contribution in [0.1, 0.15) is 18.9 Å². The molecule has 0 aliphatic carbocycles. The first-order chi connectivity index (χ1) is 8.57. The highest BCUT2D eigenvalue weighted by Crippen LogP contribution is 2.38. The van der Waals surface area contributed by atoms with Crippen LogP contribution < -0.4 is 5.32 Å². The van der Waals surface area contributed by atoms with Gasteiger partial charge in [0.15, 0.2) is 0 Å². The molecule has 1 fully saturated rings. The Kier molecular flexibility index (Phi) is 4.25. The van der Waals surface area contributed by atoms with E-state index in [-0.39, 0.29) is 22.4 Å². The van der Waals surface area contributed by atoms with Crippen molar-refractivity contribution in [2.75, 3.05) is 20.2 Å². The molecular formula is C14H19ClFNO. The average molecular weight is 272 g/mol. The fourth-order valence-corrected chi connectivity index (χ4v) is 2.87. The molecular weight excluding hydrogens is 253 g/mol. The van der Waals surface area contributed by atoms with E-state index in [1.165, 1.54) is 6.07 Å². The number of benzene rings is 1. The molecule has 18 heavy (non-hydrogen) atoms. The van der Waals surface area contributed by atoms with Gasteiger partial charge in [-0.2, -0.15) is 0 Å². The van der Waals surface area contributed by atoms with Gasteiger partial charge >= 0.3 is 0 Å². The van der Waals surface area contributed by atoms with Crippen molar-refractivity contribution in [3.63, 3.8) is 0 Å². The molecule has 100 valence electrons. The summed E-state index contributed by atoms with van der Waals surface area (Å²) in [5.74, 6) is -0.347. The predicted molar refractivity (Wildman–Crippen MR) is 71.5 cm³/mol. The van der Waals surface area contributed by atoms with Crippen molar-refractivity contribution in [1.29, 1.82) is 0 Å². The molecule has 2 atom stereocenters. The number of halogens is 2. The van der Waals surface area contributed by atoms with E-state index in [0.29, 0.717) is 0 Å². The Hall–Kier alpha value is -0.640. The molecule has 1 aromatic carbocycles. The lowest BCUT2D eigenvalue weighted by Crippen LogP contribution is -2.40. The van der Waals surface area contributed by atoms with E-state index in [0.717, 1.165) is 31.6 Å². The van der Waals surface area contributed by atoms with Gasteiger partial charge in [0.25, 0.3) is 0 Å². The zero-order chi connectivity index (χ0) is 13.2. The van der Waals surface area contributed by atoms with Crippen molar-refractivity contribution in [3.05, 3.63) is 34.6 Å². The second kappa shape index (κ2) is 5.55. The summed E-state index contributed by atoms with van der Waals surface area (Å²) < 4.78 is 19.2. The summed E-state index contributed by atoms with van der Waals surface area (Å²) >= 11 is 5.71. The molecule has 1 aliphatic rings. The van der Waals surface area contributed by atoms with Crippen LogP contribution in [-0.4, -0.2) is 26.3 Å². The molecule has 1 aliphatic heterocycles. The molecule has 1 N–H and O–H groups in total. The normalized spacial score (nSPS) is 27.7. The van der Waals surface area contributed by atoms with Gasteiger partial charge in [0, 0.05) is 18.6 Å². The molecule has 1 heterocycles. The second-order valence-corrected chi connectivity index (χ2v) is 5.49. The van der Waals surface area contributed by atoms with Crippen LogP contribution in [-0.2, 0) is 11.2 Å². The fraction of sp³-hybridized carbons (Fsp3) is 0.571. The van der Waals surface area contributed by atoms with Crippen molar-refractivity contribution < 1.29 is 9.13 Å². The van der Waals surface area contributed by atoms with Crippen LogP contribution in [0.2, 0.25) is 5.02 Å². The molecule has 2 unspecified atom stereocenters. The first-order valence-corrected chi connectivity index (χ1v) is 6.65. The second-order valence-electron chi connectivity index (χ2n) is 5.08. The van der Waals surface area contributed by atoms with Gasteiger partial charge in [0.2, 0.25) is 0 Å². The van der Waals surface area contributed by atoms with Crippen molar-refractivity contribution in [3.8, 4) is 0 Å². The molecule has 0 amide bonds. The monoisotopic (exact) mass is 271 g/mol. The van der Waals surface area contributed by atoms with Gasteiger partial charge < -0.3 is 10.1 Å². The van der Waals surface area contributed by atoms with Gasteiger partial charge in [-0.15, -0.1) is 0 Å². The molecule has 4 heteroatoms. The van der Waals surface area contributed by atoms with Crippen molar-refractivity contribution >= 4 is 11.6 Å². The van der Waals surface area contributed by atoms with E-state index in [4.69, 9.17) is 16.3 Å². The molecule has 1 aromatic rings. The van der Waals surface area contributed by atoms with Crippen LogP contribution in [0, 0.1) is 11.2 Å². The molecule has 0 saturated carbocycles. The number of rotatable bonds is 4. The maximum Gasteiger partial charge on any atom is 0.142 e. The predicted octanol–water partition coefficient (Wildman–Crippen LogP) is 3.04. The maximum atomic E-state index is 13.5. The third-order valence-electron chi connectivity index (χ3n) is 3.90. The van der Waals surface area contributed by atoms with E-state index in [1.54, 1.807) is 6.07 Å².